The lowest BCUT2D eigenvalue weighted by Crippen LogP contribution is -2.55. The number of anilines is 1. The van der Waals surface area contributed by atoms with Crippen LogP contribution in [0.5, 0.6) is 5.75 Å². The maximum atomic E-state index is 12.9. The maximum absolute atomic E-state index is 12.9. The first kappa shape index (κ1) is 21.7. The van der Waals surface area contributed by atoms with Gasteiger partial charge in [0.1, 0.15) is 5.75 Å². The van der Waals surface area contributed by atoms with E-state index < -0.39 is 0 Å². The Morgan fingerprint density at radius 3 is 2.77 bits per heavy atom. The van der Waals surface area contributed by atoms with Crippen LogP contribution in [0.15, 0.2) is 12.1 Å². The first-order valence-electron chi connectivity index (χ1n) is 11.2. The predicted octanol–water partition coefficient (Wildman–Crippen LogP) is 3.58. The second-order valence-electron chi connectivity index (χ2n) is 9.24. The van der Waals surface area contributed by atoms with Crippen molar-refractivity contribution in [3.8, 4) is 5.75 Å². The van der Waals surface area contributed by atoms with Gasteiger partial charge in [-0.3, -0.25) is 4.79 Å². The van der Waals surface area contributed by atoms with Crippen molar-refractivity contribution in [3.05, 3.63) is 22.7 Å². The van der Waals surface area contributed by atoms with E-state index in [-0.39, 0.29) is 18.1 Å². The molecule has 30 heavy (non-hydrogen) atoms. The number of nitrogen functional groups attached to an aromatic ring is 1. The highest BCUT2D eigenvalue weighted by molar-refractivity contribution is 6.33. The number of methoxy groups -OCH3 is 2. The number of hydrogen-bond acceptors (Lipinski definition) is 5. The fourth-order valence-corrected chi connectivity index (χ4v) is 5.99. The van der Waals surface area contributed by atoms with Gasteiger partial charge in [-0.2, -0.15) is 0 Å². The van der Waals surface area contributed by atoms with E-state index in [0.29, 0.717) is 22.0 Å². The first-order valence-corrected chi connectivity index (χ1v) is 11.5. The highest BCUT2D eigenvalue weighted by atomic mass is 35.5. The van der Waals surface area contributed by atoms with E-state index in [2.05, 4.69) is 10.2 Å². The topological polar surface area (TPSA) is 76.8 Å². The minimum absolute atomic E-state index is 0.0297. The standard InChI is InChI=1S/C23H34ClN3O3/c1-29-21-12-19(25)18(24)11-17(21)23(28)26-20-6-8-27(13-22(20)30-2)7-5-16-10-14-3-4-15(16)9-14/h11-12,14-16,20,22H,3-10,13,25H2,1-2H3,(H,26,28)/t14-,15-,16?,20?,22?/m1/s1. The zero-order valence-electron chi connectivity index (χ0n) is 18.0. The fraction of sp³-hybridized carbons (Fsp3) is 0.696. The molecule has 0 radical (unpaired) electrons. The molecule has 2 bridgehead atoms. The molecule has 2 aliphatic carbocycles. The number of ether oxygens (including phenoxy) is 2. The van der Waals surface area contributed by atoms with Gasteiger partial charge >= 0.3 is 0 Å². The van der Waals surface area contributed by atoms with Crippen LogP contribution in [-0.4, -0.2) is 56.8 Å². The smallest absolute Gasteiger partial charge is 0.255 e. The number of rotatable bonds is 7. The monoisotopic (exact) mass is 435 g/mol. The molecule has 2 saturated carbocycles. The molecule has 1 heterocycles. The Balaban J connectivity index is 1.32. The minimum Gasteiger partial charge on any atom is -0.496 e. The Morgan fingerprint density at radius 1 is 1.27 bits per heavy atom. The Labute approximate surface area is 184 Å². The van der Waals surface area contributed by atoms with Gasteiger partial charge in [-0.05, 0) is 62.5 Å². The van der Waals surface area contributed by atoms with Crippen LogP contribution in [0.4, 0.5) is 5.69 Å². The van der Waals surface area contributed by atoms with Crippen LogP contribution in [0.1, 0.15) is 48.9 Å². The normalized spacial score (nSPS) is 31.1. The van der Waals surface area contributed by atoms with E-state index in [0.717, 1.165) is 43.8 Å². The molecule has 1 amide bonds. The third-order valence-electron chi connectivity index (χ3n) is 7.53. The number of amides is 1. The zero-order valence-corrected chi connectivity index (χ0v) is 18.8. The number of nitrogens with zero attached hydrogens (tertiary/aromatic N) is 1. The van der Waals surface area contributed by atoms with Crippen LogP contribution >= 0.6 is 11.6 Å². The van der Waals surface area contributed by atoms with Crippen molar-refractivity contribution in [1.29, 1.82) is 0 Å². The van der Waals surface area contributed by atoms with Gasteiger partial charge in [-0.25, -0.2) is 0 Å². The number of likely N-dealkylation sites (tertiary alicyclic amines) is 1. The summed E-state index contributed by atoms with van der Waals surface area (Å²) < 4.78 is 11.1. The quantitative estimate of drug-likeness (QED) is 0.640. The molecular weight excluding hydrogens is 402 g/mol. The van der Waals surface area contributed by atoms with E-state index in [1.165, 1.54) is 39.2 Å². The summed E-state index contributed by atoms with van der Waals surface area (Å²) in [6.07, 6.45) is 7.96. The number of nitrogens with one attached hydrogen (secondary N) is 1. The third kappa shape index (κ3) is 4.56. The van der Waals surface area contributed by atoms with Gasteiger partial charge in [0.25, 0.3) is 5.91 Å². The van der Waals surface area contributed by atoms with Gasteiger partial charge in [-0.15, -0.1) is 0 Å². The van der Waals surface area contributed by atoms with Gasteiger partial charge in [0.15, 0.2) is 0 Å². The van der Waals surface area contributed by atoms with E-state index in [4.69, 9.17) is 26.8 Å². The molecular formula is C23H34ClN3O3. The van der Waals surface area contributed by atoms with E-state index in [1.54, 1.807) is 19.2 Å². The number of piperidine rings is 1. The number of benzene rings is 1. The van der Waals surface area contributed by atoms with Crippen molar-refractivity contribution in [2.24, 2.45) is 17.8 Å². The summed E-state index contributed by atoms with van der Waals surface area (Å²) >= 11 is 6.12. The predicted molar refractivity (Wildman–Crippen MR) is 119 cm³/mol. The van der Waals surface area contributed by atoms with Crippen LogP contribution in [-0.2, 0) is 4.74 Å². The number of carbonyl (C=O) groups excluding carboxylic acids is 1. The van der Waals surface area contributed by atoms with Crippen LogP contribution in [0.25, 0.3) is 0 Å². The van der Waals surface area contributed by atoms with E-state index in [1.807, 2.05) is 0 Å². The second kappa shape index (κ2) is 9.33. The molecule has 3 aliphatic rings. The van der Waals surface area contributed by atoms with Crippen molar-refractivity contribution in [1.82, 2.24) is 10.2 Å². The molecule has 7 heteroatoms. The molecule has 1 aromatic rings. The zero-order chi connectivity index (χ0) is 21.3. The van der Waals surface area contributed by atoms with Crippen LogP contribution in [0, 0.1) is 17.8 Å². The van der Waals surface area contributed by atoms with E-state index >= 15 is 0 Å². The fourth-order valence-electron chi connectivity index (χ4n) is 5.83. The summed E-state index contributed by atoms with van der Waals surface area (Å²) in [4.78, 5) is 15.4. The van der Waals surface area contributed by atoms with Gasteiger partial charge in [0.2, 0.25) is 0 Å². The highest BCUT2D eigenvalue weighted by Gasteiger charge is 2.39. The van der Waals surface area contributed by atoms with Crippen LogP contribution < -0.4 is 15.8 Å². The molecule has 1 aromatic carbocycles. The van der Waals surface area contributed by atoms with Crippen molar-refractivity contribution in [3.63, 3.8) is 0 Å². The average molecular weight is 436 g/mol. The average Bonchev–Trinajstić information content (AvgIpc) is 3.37. The molecule has 6 nitrogen and oxygen atoms in total. The maximum Gasteiger partial charge on any atom is 0.255 e. The first-order chi connectivity index (χ1) is 14.5. The number of nitrogens with two attached hydrogens (primary N) is 1. The Hall–Kier alpha value is -1.50. The number of carbonyl (C=O) groups is 1. The summed E-state index contributed by atoms with van der Waals surface area (Å²) in [7, 11) is 3.25. The Bertz CT molecular complexity index is 774. The lowest BCUT2D eigenvalue weighted by atomic mass is 9.86. The van der Waals surface area contributed by atoms with Crippen molar-refractivity contribution in [2.75, 3.05) is 39.6 Å². The third-order valence-corrected chi connectivity index (χ3v) is 7.85. The van der Waals surface area contributed by atoms with E-state index in [9.17, 15) is 4.79 Å². The van der Waals surface area contributed by atoms with Gasteiger partial charge in [0, 0.05) is 26.3 Å². The molecule has 1 aliphatic heterocycles. The highest BCUT2D eigenvalue weighted by Crippen LogP contribution is 2.49. The lowest BCUT2D eigenvalue weighted by Gasteiger charge is -2.38. The summed E-state index contributed by atoms with van der Waals surface area (Å²) in [5, 5.41) is 3.47. The summed E-state index contributed by atoms with van der Waals surface area (Å²) in [5.74, 6) is 3.12. The van der Waals surface area contributed by atoms with Crippen molar-refractivity contribution >= 4 is 23.2 Å². The number of fused-ring (bicyclic) bond motifs is 2. The molecule has 3 N–H and O–H groups in total. The Kier molecular flexibility index (Phi) is 6.75. The molecule has 3 unspecified atom stereocenters. The van der Waals surface area contributed by atoms with Gasteiger partial charge in [0.05, 0.1) is 35.5 Å². The number of hydrogen-bond donors (Lipinski definition) is 2. The molecule has 166 valence electrons. The van der Waals surface area contributed by atoms with Crippen molar-refractivity contribution in [2.45, 2.75) is 50.7 Å². The van der Waals surface area contributed by atoms with Crippen molar-refractivity contribution < 1.29 is 14.3 Å². The molecule has 5 atom stereocenters. The Morgan fingerprint density at radius 2 is 2.10 bits per heavy atom. The largest absolute Gasteiger partial charge is 0.496 e. The summed E-state index contributed by atoms with van der Waals surface area (Å²) in [5.41, 5.74) is 6.62. The molecule has 4 rings (SSSR count). The molecule has 3 fully saturated rings. The summed E-state index contributed by atoms with van der Waals surface area (Å²) in [6, 6.07) is 3.11. The lowest BCUT2D eigenvalue weighted by molar-refractivity contribution is 0.00429. The molecule has 0 spiro atoms. The molecule has 0 aromatic heterocycles. The SMILES string of the molecule is COc1cc(N)c(Cl)cc1C(=O)NC1CCN(CCC2C[C@@H]3CC[C@@H]2C3)CC1OC. The van der Waals surface area contributed by atoms with Gasteiger partial charge in [-0.1, -0.05) is 18.0 Å². The molecule has 1 saturated heterocycles. The summed E-state index contributed by atoms with van der Waals surface area (Å²) in [6.45, 7) is 2.96. The minimum atomic E-state index is -0.212. The second-order valence-corrected chi connectivity index (χ2v) is 9.65. The number of halogens is 1. The van der Waals surface area contributed by atoms with Crippen LogP contribution in [0.2, 0.25) is 5.02 Å². The van der Waals surface area contributed by atoms with Gasteiger partial charge < -0.3 is 25.4 Å². The van der Waals surface area contributed by atoms with Crippen LogP contribution in [0.3, 0.4) is 0 Å².